The molecule has 1 aromatic carbocycles. The van der Waals surface area contributed by atoms with Crippen LogP contribution in [-0.4, -0.2) is 41.7 Å². The van der Waals surface area contributed by atoms with Crippen molar-refractivity contribution < 1.29 is 9.90 Å². The van der Waals surface area contributed by atoms with Crippen molar-refractivity contribution in [2.45, 2.75) is 39.3 Å². The third kappa shape index (κ3) is 4.29. The van der Waals surface area contributed by atoms with Gasteiger partial charge in [0.15, 0.2) is 0 Å². The van der Waals surface area contributed by atoms with E-state index in [2.05, 4.69) is 29.3 Å². The molecule has 4 heteroatoms. The fourth-order valence-electron chi connectivity index (χ4n) is 3.00. The van der Waals surface area contributed by atoms with Gasteiger partial charge in [-0.25, -0.2) is 0 Å². The molecule has 1 heterocycles. The monoisotopic (exact) mass is 290 g/mol. The summed E-state index contributed by atoms with van der Waals surface area (Å²) in [6, 6.07) is 8.14. The normalized spacial score (nSPS) is 24.6. The van der Waals surface area contributed by atoms with Gasteiger partial charge in [-0.15, -0.1) is 0 Å². The summed E-state index contributed by atoms with van der Waals surface area (Å²) in [5.74, 6) is 0.287. The van der Waals surface area contributed by atoms with Crippen LogP contribution in [0.3, 0.4) is 0 Å². The Hall–Kier alpha value is -1.39. The predicted molar refractivity (Wildman–Crippen MR) is 84.0 cm³/mol. The quantitative estimate of drug-likeness (QED) is 0.890. The molecule has 0 spiro atoms. The Morgan fingerprint density at radius 1 is 1.48 bits per heavy atom. The zero-order valence-electron chi connectivity index (χ0n) is 13.2. The lowest BCUT2D eigenvalue weighted by Gasteiger charge is -2.34. The summed E-state index contributed by atoms with van der Waals surface area (Å²) in [6.07, 6.45) is 0.525. The summed E-state index contributed by atoms with van der Waals surface area (Å²) in [5.41, 5.74) is 2.35. The van der Waals surface area contributed by atoms with Crippen LogP contribution < -0.4 is 5.32 Å². The second-order valence-corrected chi connectivity index (χ2v) is 6.21. The van der Waals surface area contributed by atoms with Crippen molar-refractivity contribution in [1.29, 1.82) is 0 Å². The smallest absolute Gasteiger partial charge is 0.234 e. The minimum absolute atomic E-state index is 0.0199. The van der Waals surface area contributed by atoms with Crippen molar-refractivity contribution in [3.05, 3.63) is 35.4 Å². The molecule has 1 amide bonds. The van der Waals surface area contributed by atoms with Gasteiger partial charge in [0.1, 0.15) is 0 Å². The first-order valence-electron chi connectivity index (χ1n) is 7.72. The van der Waals surface area contributed by atoms with Crippen molar-refractivity contribution in [1.82, 2.24) is 10.2 Å². The van der Waals surface area contributed by atoms with E-state index >= 15 is 0 Å². The van der Waals surface area contributed by atoms with Crippen LogP contribution in [0.15, 0.2) is 24.3 Å². The maximum Gasteiger partial charge on any atom is 0.234 e. The predicted octanol–water partition coefficient (Wildman–Crippen LogP) is 1.87. The minimum Gasteiger partial charge on any atom is -0.393 e. The second kappa shape index (κ2) is 7.05. The first kappa shape index (κ1) is 16.0. The lowest BCUT2D eigenvalue weighted by molar-refractivity contribution is -0.123. The molecule has 4 nitrogen and oxygen atoms in total. The van der Waals surface area contributed by atoms with Crippen molar-refractivity contribution in [3.8, 4) is 0 Å². The summed E-state index contributed by atoms with van der Waals surface area (Å²) >= 11 is 0. The van der Waals surface area contributed by atoms with E-state index in [1.165, 1.54) is 5.56 Å². The topological polar surface area (TPSA) is 52.6 Å². The Morgan fingerprint density at radius 2 is 2.19 bits per heavy atom. The number of benzene rings is 1. The van der Waals surface area contributed by atoms with Crippen LogP contribution in [0.25, 0.3) is 0 Å². The zero-order valence-corrected chi connectivity index (χ0v) is 13.2. The van der Waals surface area contributed by atoms with E-state index in [4.69, 9.17) is 0 Å². The maximum atomic E-state index is 12.2. The maximum absolute atomic E-state index is 12.2. The van der Waals surface area contributed by atoms with E-state index in [0.29, 0.717) is 6.54 Å². The molecule has 0 aliphatic carbocycles. The fraction of sp³-hybridized carbons (Fsp3) is 0.588. The Kier molecular flexibility index (Phi) is 5.37. The number of nitrogens with zero attached hydrogens (tertiary/aromatic N) is 1. The summed E-state index contributed by atoms with van der Waals surface area (Å²) in [7, 11) is 0. The van der Waals surface area contributed by atoms with Crippen molar-refractivity contribution in [2.75, 3.05) is 19.6 Å². The minimum atomic E-state index is -0.227. The third-order valence-corrected chi connectivity index (χ3v) is 4.34. The molecular formula is C17H26N2O2. The average Bonchev–Trinajstić information content (AvgIpc) is 2.43. The molecule has 3 atom stereocenters. The second-order valence-electron chi connectivity index (χ2n) is 6.21. The number of piperidine rings is 1. The highest BCUT2D eigenvalue weighted by Crippen LogP contribution is 2.18. The van der Waals surface area contributed by atoms with Gasteiger partial charge in [-0.2, -0.15) is 0 Å². The van der Waals surface area contributed by atoms with Crippen LogP contribution in [0, 0.1) is 12.8 Å². The van der Waals surface area contributed by atoms with E-state index < -0.39 is 0 Å². The number of hydrogen-bond acceptors (Lipinski definition) is 3. The number of rotatable bonds is 4. The Bertz CT molecular complexity index is 489. The molecule has 3 unspecified atom stereocenters. The molecule has 1 aromatic rings. The summed E-state index contributed by atoms with van der Waals surface area (Å²) in [4.78, 5) is 14.3. The Labute approximate surface area is 127 Å². The number of aliphatic hydroxyl groups is 1. The highest BCUT2D eigenvalue weighted by Gasteiger charge is 2.25. The van der Waals surface area contributed by atoms with Crippen molar-refractivity contribution in [2.24, 2.45) is 5.92 Å². The van der Waals surface area contributed by atoms with Gasteiger partial charge in [-0.1, -0.05) is 31.2 Å². The lowest BCUT2D eigenvalue weighted by atomic mass is 9.97. The molecule has 116 valence electrons. The van der Waals surface area contributed by atoms with Gasteiger partial charge >= 0.3 is 0 Å². The number of aliphatic hydroxyl groups excluding tert-OH is 1. The summed E-state index contributed by atoms with van der Waals surface area (Å²) in [6.45, 7) is 8.09. The molecule has 1 aliphatic heterocycles. The fourth-order valence-corrected chi connectivity index (χ4v) is 3.00. The summed E-state index contributed by atoms with van der Waals surface area (Å²) < 4.78 is 0. The standard InChI is InChI=1S/C17H26N2O2/c1-12-6-4-5-7-15(12)14(3)18-17(21)11-19-9-8-16(20)13(2)10-19/h4-7,13-14,16,20H,8-11H2,1-3H3,(H,18,21). The van der Waals surface area contributed by atoms with Gasteiger partial charge in [0, 0.05) is 13.1 Å². The molecule has 2 N–H and O–H groups in total. The van der Waals surface area contributed by atoms with Gasteiger partial charge in [0.25, 0.3) is 0 Å². The molecule has 0 bridgehead atoms. The van der Waals surface area contributed by atoms with Crippen LogP contribution in [-0.2, 0) is 4.79 Å². The molecular weight excluding hydrogens is 264 g/mol. The van der Waals surface area contributed by atoms with E-state index in [1.807, 2.05) is 26.0 Å². The van der Waals surface area contributed by atoms with E-state index in [9.17, 15) is 9.90 Å². The molecule has 1 fully saturated rings. The van der Waals surface area contributed by atoms with Gasteiger partial charge in [0.05, 0.1) is 18.7 Å². The van der Waals surface area contributed by atoms with Gasteiger partial charge in [-0.3, -0.25) is 9.69 Å². The van der Waals surface area contributed by atoms with E-state index in [1.54, 1.807) is 0 Å². The summed E-state index contributed by atoms with van der Waals surface area (Å²) in [5, 5.41) is 12.8. The highest BCUT2D eigenvalue weighted by molar-refractivity contribution is 5.78. The van der Waals surface area contributed by atoms with Crippen LogP contribution in [0.4, 0.5) is 0 Å². The Morgan fingerprint density at radius 3 is 2.86 bits per heavy atom. The van der Waals surface area contributed by atoms with Crippen molar-refractivity contribution in [3.63, 3.8) is 0 Å². The number of likely N-dealkylation sites (tertiary alicyclic amines) is 1. The molecule has 1 saturated heterocycles. The first-order chi connectivity index (χ1) is 9.97. The zero-order chi connectivity index (χ0) is 15.4. The Balaban J connectivity index is 1.86. The van der Waals surface area contributed by atoms with Gasteiger partial charge in [-0.05, 0) is 37.3 Å². The van der Waals surface area contributed by atoms with Crippen LogP contribution in [0.5, 0.6) is 0 Å². The first-order valence-corrected chi connectivity index (χ1v) is 7.72. The van der Waals surface area contributed by atoms with Crippen molar-refractivity contribution >= 4 is 5.91 Å². The molecule has 2 rings (SSSR count). The number of carbonyl (C=O) groups is 1. The molecule has 0 radical (unpaired) electrons. The number of amides is 1. The molecule has 0 aromatic heterocycles. The highest BCUT2D eigenvalue weighted by atomic mass is 16.3. The number of hydrogen-bond donors (Lipinski definition) is 2. The van der Waals surface area contributed by atoms with Crippen LogP contribution >= 0.6 is 0 Å². The van der Waals surface area contributed by atoms with E-state index in [-0.39, 0.29) is 24.0 Å². The number of aryl methyl sites for hydroxylation is 1. The molecule has 0 saturated carbocycles. The van der Waals surface area contributed by atoms with Crippen LogP contribution in [0.1, 0.15) is 37.4 Å². The SMILES string of the molecule is Cc1ccccc1C(C)NC(=O)CN1CCC(O)C(C)C1. The van der Waals surface area contributed by atoms with Crippen LogP contribution in [0.2, 0.25) is 0 Å². The van der Waals surface area contributed by atoms with Gasteiger partial charge < -0.3 is 10.4 Å². The third-order valence-electron chi connectivity index (χ3n) is 4.34. The van der Waals surface area contributed by atoms with Gasteiger partial charge in [0.2, 0.25) is 5.91 Å². The molecule has 21 heavy (non-hydrogen) atoms. The largest absolute Gasteiger partial charge is 0.393 e. The molecule has 1 aliphatic rings. The average molecular weight is 290 g/mol. The van der Waals surface area contributed by atoms with E-state index in [0.717, 1.165) is 25.1 Å². The number of nitrogens with one attached hydrogen (secondary N) is 1. The lowest BCUT2D eigenvalue weighted by Crippen LogP contribution is -2.46. The number of carbonyl (C=O) groups excluding carboxylic acids is 1.